The minimum atomic E-state index is -4.37. The van der Waals surface area contributed by atoms with Gasteiger partial charge in [0.25, 0.3) is 0 Å². The van der Waals surface area contributed by atoms with Gasteiger partial charge in [-0.2, -0.15) is 16.8 Å². The summed E-state index contributed by atoms with van der Waals surface area (Å²) in [6.07, 6.45) is 0. The molecule has 14 heteroatoms. The van der Waals surface area contributed by atoms with Crippen LogP contribution in [0.5, 0.6) is 0 Å². The quantitative estimate of drug-likeness (QED) is 0.259. The molecular formula is C18H24N4O6S4+2. The summed E-state index contributed by atoms with van der Waals surface area (Å²) in [5.41, 5.74) is 1.06. The molecule has 174 valence electrons. The van der Waals surface area contributed by atoms with Gasteiger partial charge in [-0.05, 0) is 63.3 Å². The highest BCUT2D eigenvalue weighted by Crippen LogP contribution is 2.68. The molecule has 10 nitrogen and oxygen atoms in total. The first kappa shape index (κ1) is 23.3. The largest absolute Gasteiger partial charge is 0.388 e. The lowest BCUT2D eigenvalue weighted by Crippen LogP contribution is -2.18. The highest BCUT2D eigenvalue weighted by atomic mass is 33.2. The van der Waals surface area contributed by atoms with E-state index in [1.165, 1.54) is 9.39 Å². The fourth-order valence-corrected chi connectivity index (χ4v) is 14.9. The van der Waals surface area contributed by atoms with Gasteiger partial charge in [0.1, 0.15) is 0 Å². The Morgan fingerprint density at radius 2 is 1.09 bits per heavy atom. The molecule has 0 spiro atoms. The van der Waals surface area contributed by atoms with E-state index in [4.69, 9.17) is 0 Å². The molecule has 2 heterocycles. The van der Waals surface area contributed by atoms with E-state index < -0.39 is 36.4 Å². The summed E-state index contributed by atoms with van der Waals surface area (Å²) in [4.78, 5) is 1.02. The first-order valence-electron chi connectivity index (χ1n) is 9.68. The van der Waals surface area contributed by atoms with E-state index in [1.807, 2.05) is 0 Å². The maximum Gasteiger partial charge on any atom is 0.388 e. The Morgan fingerprint density at radius 1 is 0.750 bits per heavy atom. The van der Waals surface area contributed by atoms with Gasteiger partial charge in [0.05, 0.1) is 9.79 Å². The molecule has 2 aliphatic heterocycles. The zero-order valence-corrected chi connectivity index (χ0v) is 20.7. The number of hydrogen-bond donors (Lipinski definition) is 2. The third kappa shape index (κ3) is 3.31. The van der Waals surface area contributed by atoms with Crippen LogP contribution in [-0.4, -0.2) is 58.6 Å². The SMILES string of the molecule is CCS1(S(=O)(=O)O)C[N+](=NN=[N+]2CS(CC)(S(=O)(=O)O)c3ccccc32)c2ccccc21. The Bertz CT molecular complexity index is 1270. The van der Waals surface area contributed by atoms with Crippen LogP contribution in [0.4, 0.5) is 11.4 Å². The molecule has 0 radical (unpaired) electrons. The molecule has 2 aliphatic rings. The highest BCUT2D eigenvalue weighted by molar-refractivity contribution is 8.89. The summed E-state index contributed by atoms with van der Waals surface area (Å²) in [6.45, 7) is 3.42. The predicted octanol–water partition coefficient (Wildman–Crippen LogP) is 4.41. The predicted molar refractivity (Wildman–Crippen MR) is 123 cm³/mol. The van der Waals surface area contributed by atoms with Gasteiger partial charge in [-0.1, -0.05) is 38.1 Å². The van der Waals surface area contributed by atoms with E-state index in [9.17, 15) is 25.9 Å². The third-order valence-corrected chi connectivity index (χ3v) is 20.8. The number of hydrogen-bond acceptors (Lipinski definition) is 4. The molecule has 2 atom stereocenters. The molecule has 0 fully saturated rings. The van der Waals surface area contributed by atoms with Crippen molar-refractivity contribution in [1.82, 2.24) is 0 Å². The van der Waals surface area contributed by atoms with Crippen molar-refractivity contribution in [3.05, 3.63) is 48.5 Å². The summed E-state index contributed by atoms with van der Waals surface area (Å²) in [7, 11) is -14.0. The van der Waals surface area contributed by atoms with E-state index in [0.717, 1.165) is 0 Å². The summed E-state index contributed by atoms with van der Waals surface area (Å²) >= 11 is 0. The van der Waals surface area contributed by atoms with Crippen molar-refractivity contribution in [3.63, 3.8) is 0 Å². The van der Waals surface area contributed by atoms with E-state index in [0.29, 0.717) is 21.2 Å². The van der Waals surface area contributed by atoms with E-state index >= 15 is 0 Å². The Kier molecular flexibility index (Phi) is 5.75. The van der Waals surface area contributed by atoms with Gasteiger partial charge in [0.15, 0.2) is 23.1 Å². The lowest BCUT2D eigenvalue weighted by atomic mass is 10.3. The van der Waals surface area contributed by atoms with Crippen molar-refractivity contribution in [3.8, 4) is 0 Å². The minimum Gasteiger partial charge on any atom is -0.278 e. The number of rotatable bonds is 5. The van der Waals surface area contributed by atoms with Gasteiger partial charge in [-0.25, -0.2) is 0 Å². The molecule has 0 amide bonds. The minimum absolute atomic E-state index is 0.0508. The molecule has 0 saturated heterocycles. The van der Waals surface area contributed by atoms with E-state index in [2.05, 4.69) is 10.4 Å². The zero-order valence-electron chi connectivity index (χ0n) is 17.4. The number of para-hydroxylation sites is 2. The van der Waals surface area contributed by atoms with Crippen LogP contribution in [0.15, 0.2) is 68.8 Å². The fourth-order valence-electron chi connectivity index (χ4n) is 4.04. The van der Waals surface area contributed by atoms with Crippen molar-refractivity contribution >= 4 is 47.8 Å². The standard InChI is InChI=1S/C18H22N4O6S4/c1-3-29(31(23,24)25)13-21(15-9-5-7-11-17(15)29)19-20-22-14-30(4-2,32(26,27)28)18-12-8-6-10-16(18)22/h5-12H,3-4,13-14H2,1-2H3/p+2. The molecule has 0 aromatic heterocycles. The summed E-state index contributed by atoms with van der Waals surface area (Å²) < 4.78 is 72.3. The number of fused-ring (bicyclic) bond motifs is 2. The first-order valence-corrected chi connectivity index (χ1v) is 17.5. The normalized spacial score (nSPS) is 31.6. The van der Waals surface area contributed by atoms with Crippen LogP contribution in [0.3, 0.4) is 0 Å². The van der Waals surface area contributed by atoms with Crippen LogP contribution in [-0.2, 0) is 18.3 Å². The van der Waals surface area contributed by atoms with Crippen LogP contribution in [0.25, 0.3) is 0 Å². The number of benzene rings is 2. The van der Waals surface area contributed by atoms with Crippen LogP contribution in [0.1, 0.15) is 13.8 Å². The van der Waals surface area contributed by atoms with Crippen LogP contribution in [0.2, 0.25) is 0 Å². The van der Waals surface area contributed by atoms with Crippen molar-refractivity contribution < 1.29 is 35.3 Å². The molecule has 2 aromatic rings. The smallest absolute Gasteiger partial charge is 0.278 e. The molecule has 0 bridgehead atoms. The molecule has 4 rings (SSSR count). The Labute approximate surface area is 188 Å². The van der Waals surface area contributed by atoms with Crippen molar-refractivity contribution in [2.24, 2.45) is 10.4 Å². The highest BCUT2D eigenvalue weighted by Gasteiger charge is 2.52. The first-order chi connectivity index (χ1) is 15.0. The third-order valence-electron chi connectivity index (χ3n) is 5.74. The van der Waals surface area contributed by atoms with Gasteiger partial charge in [-0.15, -0.1) is 0 Å². The summed E-state index contributed by atoms with van der Waals surface area (Å²) in [5, 5.41) is 8.50. The van der Waals surface area contributed by atoms with Gasteiger partial charge in [-0.3, -0.25) is 9.11 Å². The van der Waals surface area contributed by atoms with E-state index in [1.54, 1.807) is 62.4 Å². The molecule has 2 aromatic carbocycles. The monoisotopic (exact) mass is 520 g/mol. The average Bonchev–Trinajstić information content (AvgIpc) is 3.26. The average molecular weight is 521 g/mol. The number of nitrogens with zero attached hydrogens (tertiary/aromatic N) is 4. The maximum absolute atomic E-state index is 12.3. The van der Waals surface area contributed by atoms with Crippen molar-refractivity contribution in [2.75, 3.05) is 23.3 Å². The lowest BCUT2D eigenvalue weighted by molar-refractivity contribution is -0.542. The van der Waals surface area contributed by atoms with Gasteiger partial charge in [0.2, 0.25) is 0 Å². The molecule has 0 aliphatic carbocycles. The summed E-state index contributed by atoms with van der Waals surface area (Å²) in [6, 6.07) is 13.7. The lowest BCUT2D eigenvalue weighted by Gasteiger charge is -2.27. The fraction of sp³-hybridized carbons (Fsp3) is 0.333. The summed E-state index contributed by atoms with van der Waals surface area (Å²) in [5.74, 6) is 0.329. The Balaban J connectivity index is 1.86. The van der Waals surface area contributed by atoms with Gasteiger partial charge >= 0.3 is 28.7 Å². The molecule has 32 heavy (non-hydrogen) atoms. The second kappa shape index (κ2) is 7.88. The topological polar surface area (TPSA) is 139 Å². The molecular weight excluding hydrogens is 496 g/mol. The van der Waals surface area contributed by atoms with Crippen LogP contribution < -0.4 is 0 Å². The maximum atomic E-state index is 12.3. The van der Waals surface area contributed by atoms with Crippen molar-refractivity contribution in [1.29, 1.82) is 0 Å². The van der Waals surface area contributed by atoms with Crippen LogP contribution >= 0.6 is 18.1 Å². The zero-order chi connectivity index (χ0) is 23.4. The van der Waals surface area contributed by atoms with Gasteiger partial charge < -0.3 is 0 Å². The second-order valence-corrected chi connectivity index (χ2v) is 21.1. The Hall–Kier alpha value is -1.84. The van der Waals surface area contributed by atoms with Gasteiger partial charge in [0, 0.05) is 0 Å². The second-order valence-electron chi connectivity index (χ2n) is 7.23. The Morgan fingerprint density at radius 3 is 1.41 bits per heavy atom. The van der Waals surface area contributed by atoms with Crippen molar-refractivity contribution in [2.45, 2.75) is 23.6 Å². The van der Waals surface area contributed by atoms with Crippen LogP contribution in [0, 0.1) is 0 Å². The molecule has 0 saturated carbocycles. The van der Waals surface area contributed by atoms with E-state index in [-0.39, 0.29) is 23.3 Å². The molecule has 2 unspecified atom stereocenters. The molecule has 2 N–H and O–H groups in total.